The maximum atomic E-state index is 11.8. The number of carbonyl (C=O) groups is 1. The number of ether oxygens (including phenoxy) is 1. The van der Waals surface area contributed by atoms with Crippen LogP contribution in [0.25, 0.3) is 0 Å². The number of halogens is 2. The molecule has 1 aliphatic heterocycles. The van der Waals surface area contributed by atoms with Gasteiger partial charge in [0.05, 0.1) is 0 Å². The van der Waals surface area contributed by atoms with Gasteiger partial charge in [-0.3, -0.25) is 0 Å². The molecule has 0 unspecified atom stereocenters. The van der Waals surface area contributed by atoms with Crippen molar-refractivity contribution in [2.45, 2.75) is 13.8 Å². The SMILES string of the molecule is CCOC(=O)c1c(C)cccc1OI1N[I-]1. The number of aryl methyl sites for hydroxylation is 1. The van der Waals surface area contributed by atoms with Gasteiger partial charge in [0.1, 0.15) is 0 Å². The average molecular weight is 448 g/mol. The first-order valence-electron chi connectivity index (χ1n) is 4.78. The van der Waals surface area contributed by atoms with Crippen molar-refractivity contribution in [1.82, 2.24) is 1.74 Å². The molecule has 0 amide bonds. The van der Waals surface area contributed by atoms with Crippen LogP contribution < -0.4 is 22.3 Å². The van der Waals surface area contributed by atoms with E-state index in [4.69, 9.17) is 7.80 Å². The summed E-state index contributed by atoms with van der Waals surface area (Å²) in [5, 5.41) is 0. The van der Waals surface area contributed by atoms with Crippen LogP contribution in [0, 0.1) is 6.92 Å². The molecule has 4 nitrogen and oxygen atoms in total. The molecular formula is C10H12I2NO3-. The molecule has 0 spiro atoms. The van der Waals surface area contributed by atoms with Gasteiger partial charge in [0.2, 0.25) is 0 Å². The number of rotatable bonds is 4. The van der Waals surface area contributed by atoms with E-state index in [1.54, 1.807) is 6.92 Å². The zero-order valence-electron chi connectivity index (χ0n) is 8.92. The molecule has 0 saturated carbocycles. The predicted molar refractivity (Wildman–Crippen MR) is 64.9 cm³/mol. The van der Waals surface area contributed by atoms with E-state index in [1.807, 2.05) is 25.1 Å². The second-order valence-corrected chi connectivity index (χ2v) is 16.0. The minimum absolute atomic E-state index is 0.130. The van der Waals surface area contributed by atoms with Gasteiger partial charge >= 0.3 is 110 Å². The van der Waals surface area contributed by atoms with Crippen molar-refractivity contribution >= 4 is 22.5 Å². The standard InChI is InChI=1S/C10H12I2NO3/c1-3-15-10(14)9-7(2)5-4-6-8(9)16-12-11-13-12/h4-6,13H,3H2,1-2H3/q-1. The molecule has 1 heterocycles. The molecule has 0 atom stereocenters. The summed E-state index contributed by atoms with van der Waals surface area (Å²) >= 11 is -1.14. The minimum atomic E-state index is -1.27. The van der Waals surface area contributed by atoms with E-state index in [1.165, 1.54) is 0 Å². The molecule has 1 saturated heterocycles. The fourth-order valence-electron chi connectivity index (χ4n) is 1.28. The number of esters is 1. The first-order chi connectivity index (χ1) is 7.72. The first-order valence-corrected chi connectivity index (χ1v) is 14.1. The van der Waals surface area contributed by atoms with Gasteiger partial charge in [0.15, 0.2) is 0 Å². The van der Waals surface area contributed by atoms with E-state index in [0.717, 1.165) is 5.56 Å². The summed E-state index contributed by atoms with van der Waals surface area (Å²) in [6.45, 7) is 4.10. The Labute approximate surface area is 109 Å². The first kappa shape index (κ1) is 12.4. The van der Waals surface area contributed by atoms with Crippen LogP contribution in [0.3, 0.4) is 0 Å². The molecule has 2 rings (SSSR count). The van der Waals surface area contributed by atoms with Crippen molar-refractivity contribution in [3.63, 3.8) is 0 Å². The third-order valence-electron chi connectivity index (χ3n) is 1.99. The monoisotopic (exact) mass is 448 g/mol. The Morgan fingerprint density at radius 3 is 2.94 bits per heavy atom. The second-order valence-electron chi connectivity index (χ2n) is 3.10. The molecule has 16 heavy (non-hydrogen) atoms. The van der Waals surface area contributed by atoms with Crippen molar-refractivity contribution in [1.29, 1.82) is 0 Å². The topological polar surface area (TPSA) is 57.5 Å². The number of benzene rings is 1. The fourth-order valence-corrected chi connectivity index (χ4v) is 7.87. The van der Waals surface area contributed by atoms with Crippen LogP contribution in [0.1, 0.15) is 22.8 Å². The average Bonchev–Trinajstić information content (AvgIpc) is 3.02. The third kappa shape index (κ3) is 2.98. The molecule has 1 aliphatic rings. The Kier molecular flexibility index (Phi) is 4.25. The molecule has 6 heteroatoms. The zero-order valence-corrected chi connectivity index (χ0v) is 13.2. The molecule has 0 aliphatic carbocycles. The van der Waals surface area contributed by atoms with Crippen LogP contribution in [-0.2, 0) is 4.74 Å². The zero-order chi connectivity index (χ0) is 11.5. The molecule has 0 bridgehead atoms. The second kappa shape index (κ2) is 5.50. The normalized spacial score (nSPS) is 16.2. The quantitative estimate of drug-likeness (QED) is 0.290. The van der Waals surface area contributed by atoms with Gasteiger partial charge < -0.3 is 0 Å². The number of hydrogen-bond acceptors (Lipinski definition) is 4. The molecule has 1 aromatic rings. The number of hydrogen-bond donors (Lipinski definition) is 1. The van der Waals surface area contributed by atoms with Gasteiger partial charge in [0, 0.05) is 0 Å². The molecule has 0 radical (unpaired) electrons. The predicted octanol–water partition coefficient (Wildman–Crippen LogP) is -0.591. The fraction of sp³-hybridized carbons (Fsp3) is 0.300. The van der Waals surface area contributed by atoms with Crippen LogP contribution in [0.5, 0.6) is 5.75 Å². The molecule has 1 fully saturated rings. The van der Waals surface area contributed by atoms with Crippen LogP contribution in [0.15, 0.2) is 18.2 Å². The van der Waals surface area contributed by atoms with E-state index in [0.29, 0.717) is 17.9 Å². The summed E-state index contributed by atoms with van der Waals surface area (Å²) in [6.07, 6.45) is 0. The van der Waals surface area contributed by atoms with E-state index < -0.39 is 16.5 Å². The molecule has 1 N–H and O–H groups in total. The summed E-state index contributed by atoms with van der Waals surface area (Å²) in [6, 6.07) is 5.66. The summed E-state index contributed by atoms with van der Waals surface area (Å²) < 4.78 is 14.1. The summed E-state index contributed by atoms with van der Waals surface area (Å²) in [4.78, 5) is 11.8. The van der Waals surface area contributed by atoms with E-state index in [-0.39, 0.29) is 23.5 Å². The number of nitrogens with one attached hydrogen (secondary N) is 1. The van der Waals surface area contributed by atoms with Gasteiger partial charge in [-0.1, -0.05) is 0 Å². The third-order valence-corrected chi connectivity index (χ3v) is 9.68. The van der Waals surface area contributed by atoms with Crippen molar-refractivity contribution < 1.29 is 30.1 Å². The van der Waals surface area contributed by atoms with E-state index in [2.05, 4.69) is 1.74 Å². The Morgan fingerprint density at radius 2 is 2.31 bits per heavy atom. The van der Waals surface area contributed by atoms with E-state index in [9.17, 15) is 4.79 Å². The van der Waals surface area contributed by atoms with Crippen molar-refractivity contribution in [2.24, 2.45) is 0 Å². The molecule has 90 valence electrons. The van der Waals surface area contributed by atoms with Crippen LogP contribution in [0.4, 0.5) is 0 Å². The van der Waals surface area contributed by atoms with Crippen LogP contribution in [0.2, 0.25) is 0 Å². The molecule has 1 aromatic carbocycles. The van der Waals surface area contributed by atoms with Crippen molar-refractivity contribution in [2.75, 3.05) is 6.61 Å². The van der Waals surface area contributed by atoms with Gasteiger partial charge in [-0.2, -0.15) is 0 Å². The van der Waals surface area contributed by atoms with Gasteiger partial charge in [-0.05, 0) is 0 Å². The summed E-state index contributed by atoms with van der Waals surface area (Å²) in [5.74, 6) is 0.403. The summed E-state index contributed by atoms with van der Waals surface area (Å²) in [5.41, 5.74) is 1.49. The Hall–Kier alpha value is -0.0900. The Balaban J connectivity index is 2.27. The maximum absolute atomic E-state index is 11.8. The van der Waals surface area contributed by atoms with Gasteiger partial charge in [-0.15, -0.1) is 0 Å². The van der Waals surface area contributed by atoms with Crippen molar-refractivity contribution in [3.8, 4) is 5.75 Å². The summed E-state index contributed by atoms with van der Waals surface area (Å²) in [7, 11) is 0. The van der Waals surface area contributed by atoms with Crippen LogP contribution in [-0.4, -0.2) is 12.6 Å². The molecular weight excluding hydrogens is 436 g/mol. The van der Waals surface area contributed by atoms with Gasteiger partial charge in [-0.25, -0.2) is 0 Å². The number of carbonyl (C=O) groups excluding carboxylic acids is 1. The Bertz CT molecular complexity index is 407. The van der Waals surface area contributed by atoms with E-state index >= 15 is 0 Å². The van der Waals surface area contributed by atoms with Crippen LogP contribution >= 0.6 is 16.5 Å². The van der Waals surface area contributed by atoms with Gasteiger partial charge in [0.25, 0.3) is 0 Å². The van der Waals surface area contributed by atoms with Crippen molar-refractivity contribution in [3.05, 3.63) is 29.3 Å². The Morgan fingerprint density at radius 1 is 1.56 bits per heavy atom. The molecule has 0 aromatic heterocycles.